The van der Waals surface area contributed by atoms with Crippen LogP contribution in [0, 0.1) is 5.92 Å². The lowest BCUT2D eigenvalue weighted by molar-refractivity contribution is -0.120. The number of benzene rings is 1. The van der Waals surface area contributed by atoms with Gasteiger partial charge >= 0.3 is 6.03 Å². The van der Waals surface area contributed by atoms with Crippen LogP contribution in [0.4, 0.5) is 4.79 Å². The highest BCUT2D eigenvalue weighted by atomic mass is 16.2. The van der Waals surface area contributed by atoms with Gasteiger partial charge in [0, 0.05) is 38.6 Å². The summed E-state index contributed by atoms with van der Waals surface area (Å²) in [6.07, 6.45) is 9.19. The lowest BCUT2D eigenvalue weighted by Crippen LogP contribution is -2.56. The van der Waals surface area contributed by atoms with Crippen molar-refractivity contribution in [2.75, 3.05) is 40.8 Å². The van der Waals surface area contributed by atoms with Crippen LogP contribution in [0.3, 0.4) is 0 Å². The Hall–Kier alpha value is -2.08. The summed E-state index contributed by atoms with van der Waals surface area (Å²) >= 11 is 0. The van der Waals surface area contributed by atoms with Crippen molar-refractivity contribution in [1.82, 2.24) is 20.0 Å². The molecule has 0 atom stereocenters. The molecule has 176 valence electrons. The maximum Gasteiger partial charge on any atom is 0.320 e. The minimum atomic E-state index is -0.0615. The summed E-state index contributed by atoms with van der Waals surface area (Å²) in [5.74, 6) is 0.713. The number of nitrogens with zero attached hydrogens (tertiary/aromatic N) is 3. The molecule has 0 radical (unpaired) electrons. The van der Waals surface area contributed by atoms with E-state index in [1.807, 2.05) is 4.90 Å². The quantitative estimate of drug-likeness (QED) is 0.669. The van der Waals surface area contributed by atoms with Crippen molar-refractivity contribution in [3.63, 3.8) is 0 Å². The van der Waals surface area contributed by atoms with Gasteiger partial charge in [0.15, 0.2) is 0 Å². The van der Waals surface area contributed by atoms with Crippen molar-refractivity contribution < 1.29 is 9.59 Å². The van der Waals surface area contributed by atoms with Crippen LogP contribution in [0.25, 0.3) is 0 Å². The molecule has 1 aromatic carbocycles. The molecule has 6 heteroatoms. The molecule has 1 aliphatic heterocycles. The Balaban J connectivity index is 1.51. The van der Waals surface area contributed by atoms with Gasteiger partial charge in [-0.05, 0) is 70.5 Å². The van der Waals surface area contributed by atoms with Crippen LogP contribution in [-0.2, 0) is 10.3 Å². The lowest BCUT2D eigenvalue weighted by atomic mass is 9.68. The van der Waals surface area contributed by atoms with Crippen LogP contribution in [0.2, 0.25) is 0 Å². The van der Waals surface area contributed by atoms with Crippen LogP contribution in [0.5, 0.6) is 0 Å². The minimum Gasteiger partial charge on any atom is -0.359 e. The Labute approximate surface area is 193 Å². The van der Waals surface area contributed by atoms with Gasteiger partial charge in [-0.3, -0.25) is 9.69 Å². The topological polar surface area (TPSA) is 55.9 Å². The third kappa shape index (κ3) is 4.26. The van der Waals surface area contributed by atoms with Gasteiger partial charge in [-0.25, -0.2) is 4.79 Å². The largest absolute Gasteiger partial charge is 0.359 e. The van der Waals surface area contributed by atoms with Crippen LogP contribution >= 0.6 is 0 Å². The summed E-state index contributed by atoms with van der Waals surface area (Å²) in [6, 6.07) is 11.1. The van der Waals surface area contributed by atoms with Crippen LogP contribution in [-0.4, -0.2) is 73.0 Å². The molecular formula is C26H40N4O2. The summed E-state index contributed by atoms with van der Waals surface area (Å²) in [6.45, 7) is 2.39. The summed E-state index contributed by atoms with van der Waals surface area (Å²) in [5.41, 5.74) is 1.36. The highest BCUT2D eigenvalue weighted by Gasteiger charge is 2.54. The van der Waals surface area contributed by atoms with Crippen LogP contribution in [0.1, 0.15) is 63.4 Å². The van der Waals surface area contributed by atoms with E-state index < -0.39 is 0 Å². The highest BCUT2D eigenvalue weighted by molar-refractivity contribution is 5.79. The van der Waals surface area contributed by atoms with Gasteiger partial charge in [0.2, 0.25) is 5.91 Å². The van der Waals surface area contributed by atoms with Gasteiger partial charge in [-0.2, -0.15) is 0 Å². The normalized spacial score (nSPS) is 28.4. The Morgan fingerprint density at radius 3 is 2.38 bits per heavy atom. The van der Waals surface area contributed by atoms with Gasteiger partial charge in [-0.15, -0.1) is 0 Å². The molecule has 1 N–H and O–H groups in total. The zero-order chi connectivity index (χ0) is 22.8. The maximum absolute atomic E-state index is 13.5. The van der Waals surface area contributed by atoms with Crippen LogP contribution in [0.15, 0.2) is 30.3 Å². The van der Waals surface area contributed by atoms with E-state index in [1.54, 1.807) is 7.05 Å². The molecule has 3 aliphatic rings. The molecule has 2 aliphatic carbocycles. The first-order chi connectivity index (χ1) is 15.4. The number of hydrogen-bond donors (Lipinski definition) is 1. The van der Waals surface area contributed by atoms with Gasteiger partial charge in [-0.1, -0.05) is 36.8 Å². The number of carbonyl (C=O) groups is 2. The van der Waals surface area contributed by atoms with E-state index in [0.29, 0.717) is 18.9 Å². The van der Waals surface area contributed by atoms with Gasteiger partial charge in [0.1, 0.15) is 0 Å². The molecule has 1 saturated heterocycles. The summed E-state index contributed by atoms with van der Waals surface area (Å²) < 4.78 is 0. The van der Waals surface area contributed by atoms with Crippen molar-refractivity contribution >= 4 is 11.9 Å². The first kappa shape index (κ1) is 23.1. The molecule has 0 aromatic heterocycles. The van der Waals surface area contributed by atoms with Crippen molar-refractivity contribution in [3.05, 3.63) is 35.9 Å². The first-order valence-corrected chi connectivity index (χ1v) is 12.4. The Kier molecular flexibility index (Phi) is 6.80. The molecule has 1 spiro atoms. The van der Waals surface area contributed by atoms with Crippen molar-refractivity contribution in [2.45, 2.75) is 68.9 Å². The highest BCUT2D eigenvalue weighted by Crippen LogP contribution is 2.49. The number of nitrogens with one attached hydrogen (secondary N) is 1. The van der Waals surface area contributed by atoms with E-state index in [0.717, 1.165) is 45.2 Å². The SMILES string of the molecule is CNC(=O)CCCN1C[C@]2(CC[C@@](c3ccccc3)(N(C)C)CC2)N(CC2CCC2)C1=O. The van der Waals surface area contributed by atoms with E-state index in [4.69, 9.17) is 0 Å². The molecule has 4 rings (SSSR count). The third-order valence-electron chi connectivity index (χ3n) is 8.51. The number of urea groups is 1. The van der Waals surface area contributed by atoms with E-state index in [-0.39, 0.29) is 23.0 Å². The van der Waals surface area contributed by atoms with Gasteiger partial charge < -0.3 is 15.1 Å². The fourth-order valence-corrected chi connectivity index (χ4v) is 6.12. The fourth-order valence-electron chi connectivity index (χ4n) is 6.12. The second-order valence-corrected chi connectivity index (χ2v) is 10.4. The van der Waals surface area contributed by atoms with Crippen molar-refractivity contribution in [3.8, 4) is 0 Å². The second-order valence-electron chi connectivity index (χ2n) is 10.4. The molecule has 32 heavy (non-hydrogen) atoms. The Morgan fingerprint density at radius 1 is 1.12 bits per heavy atom. The zero-order valence-electron chi connectivity index (χ0n) is 20.1. The average Bonchev–Trinajstić information content (AvgIpc) is 3.02. The van der Waals surface area contributed by atoms with Crippen LogP contribution < -0.4 is 5.32 Å². The molecular weight excluding hydrogens is 400 g/mol. The first-order valence-electron chi connectivity index (χ1n) is 12.4. The molecule has 1 heterocycles. The second kappa shape index (κ2) is 9.42. The van der Waals surface area contributed by atoms with Crippen molar-refractivity contribution in [2.24, 2.45) is 5.92 Å². The molecule has 1 aromatic rings. The minimum absolute atomic E-state index is 0.0321. The monoisotopic (exact) mass is 440 g/mol. The van der Waals surface area contributed by atoms with Gasteiger partial charge in [0.05, 0.1) is 5.54 Å². The molecule has 0 unspecified atom stereocenters. The third-order valence-corrected chi connectivity index (χ3v) is 8.51. The molecule has 3 fully saturated rings. The molecule has 0 bridgehead atoms. The molecule has 2 saturated carbocycles. The number of hydrogen-bond acceptors (Lipinski definition) is 3. The van der Waals surface area contributed by atoms with E-state index in [1.165, 1.54) is 24.8 Å². The summed E-state index contributed by atoms with van der Waals surface area (Å²) in [5, 5.41) is 2.69. The van der Waals surface area contributed by atoms with E-state index in [9.17, 15) is 9.59 Å². The van der Waals surface area contributed by atoms with Gasteiger partial charge in [0.25, 0.3) is 0 Å². The summed E-state index contributed by atoms with van der Waals surface area (Å²) in [4.78, 5) is 31.8. The molecule has 3 amide bonds. The smallest absolute Gasteiger partial charge is 0.320 e. The van der Waals surface area contributed by atoms with E-state index in [2.05, 4.69) is 59.5 Å². The summed E-state index contributed by atoms with van der Waals surface area (Å²) in [7, 11) is 6.06. The predicted molar refractivity (Wildman–Crippen MR) is 127 cm³/mol. The number of carbonyl (C=O) groups excluding carboxylic acids is 2. The standard InChI is InChI=1S/C26H40N4O2/c1-27-23(31)13-8-18-29-20-25(30(24(29)32)19-21-9-7-10-21)14-16-26(17-15-25,28(2)3)22-11-5-4-6-12-22/h4-6,11-12,21H,7-10,13-20H2,1-3H3,(H,27,31)/t25-,26-. The number of rotatable bonds is 8. The predicted octanol–water partition coefficient (Wildman–Crippen LogP) is 3.82. The maximum atomic E-state index is 13.5. The van der Waals surface area contributed by atoms with E-state index >= 15 is 0 Å². The average molecular weight is 441 g/mol. The zero-order valence-corrected chi connectivity index (χ0v) is 20.1. The fraction of sp³-hybridized carbons (Fsp3) is 0.692. The molecule has 6 nitrogen and oxygen atoms in total. The number of amides is 3. The Bertz CT molecular complexity index is 797. The lowest BCUT2D eigenvalue weighted by Gasteiger charge is -2.51. The Morgan fingerprint density at radius 2 is 1.81 bits per heavy atom. The van der Waals surface area contributed by atoms with Crippen molar-refractivity contribution in [1.29, 1.82) is 0 Å².